The van der Waals surface area contributed by atoms with Crippen LogP contribution in [0.5, 0.6) is 0 Å². The van der Waals surface area contributed by atoms with Crippen LogP contribution in [-0.4, -0.2) is 16.8 Å². The van der Waals surface area contributed by atoms with Crippen LogP contribution in [-0.2, 0) is 0 Å². The maximum atomic E-state index is 12.0. The van der Waals surface area contributed by atoms with E-state index < -0.39 is 12.8 Å². The van der Waals surface area contributed by atoms with E-state index in [1.165, 1.54) is 0 Å². The Morgan fingerprint density at radius 2 is 2.45 bits per heavy atom. The van der Waals surface area contributed by atoms with Gasteiger partial charge in [0.2, 0.25) is 0 Å². The standard InChI is InChI=1S/C8H10FNO/c1-6-3-2-4-10-8(6)7(11)5-9/h2-4,7,11H,5H2,1H3. The fraction of sp³-hybridized carbons (Fsp3) is 0.375. The maximum Gasteiger partial charge on any atom is 0.124 e. The summed E-state index contributed by atoms with van der Waals surface area (Å²) < 4.78 is 12.0. The normalized spacial score (nSPS) is 13.0. The molecule has 1 heterocycles. The lowest BCUT2D eigenvalue weighted by Crippen LogP contribution is -2.03. The number of aromatic nitrogens is 1. The molecule has 60 valence electrons. The minimum Gasteiger partial charge on any atom is -0.384 e. The lowest BCUT2D eigenvalue weighted by atomic mass is 10.1. The summed E-state index contributed by atoms with van der Waals surface area (Å²) >= 11 is 0. The molecule has 0 aliphatic rings. The first-order chi connectivity index (χ1) is 5.25. The molecule has 0 spiro atoms. The predicted octanol–water partition coefficient (Wildman–Crippen LogP) is 1.39. The Hall–Kier alpha value is -0.960. The molecule has 2 nitrogen and oxygen atoms in total. The molecule has 0 saturated heterocycles. The van der Waals surface area contributed by atoms with E-state index in [1.807, 2.05) is 0 Å². The molecule has 0 aliphatic heterocycles. The summed E-state index contributed by atoms with van der Waals surface area (Å²) in [5.74, 6) is 0. The predicted molar refractivity (Wildman–Crippen MR) is 39.9 cm³/mol. The van der Waals surface area contributed by atoms with Gasteiger partial charge >= 0.3 is 0 Å². The van der Waals surface area contributed by atoms with Crippen LogP contribution in [0.3, 0.4) is 0 Å². The fourth-order valence-corrected chi connectivity index (χ4v) is 0.920. The summed E-state index contributed by atoms with van der Waals surface area (Å²) in [5.41, 5.74) is 1.24. The van der Waals surface area contributed by atoms with Crippen LogP contribution in [0.2, 0.25) is 0 Å². The van der Waals surface area contributed by atoms with Gasteiger partial charge in [-0.1, -0.05) is 6.07 Å². The summed E-state index contributed by atoms with van der Waals surface area (Å²) in [7, 11) is 0. The average molecular weight is 155 g/mol. The van der Waals surface area contributed by atoms with Crippen molar-refractivity contribution in [3.63, 3.8) is 0 Å². The molecule has 0 bridgehead atoms. The van der Waals surface area contributed by atoms with Gasteiger partial charge in [0.05, 0.1) is 5.69 Å². The summed E-state index contributed by atoms with van der Waals surface area (Å²) in [4.78, 5) is 3.86. The van der Waals surface area contributed by atoms with Crippen molar-refractivity contribution in [1.29, 1.82) is 0 Å². The smallest absolute Gasteiger partial charge is 0.124 e. The molecule has 3 heteroatoms. The van der Waals surface area contributed by atoms with Crippen molar-refractivity contribution in [3.05, 3.63) is 29.6 Å². The number of hydrogen-bond donors (Lipinski definition) is 1. The van der Waals surface area contributed by atoms with Gasteiger partial charge in [0, 0.05) is 6.20 Å². The highest BCUT2D eigenvalue weighted by Gasteiger charge is 2.09. The van der Waals surface area contributed by atoms with Crippen LogP contribution in [0.25, 0.3) is 0 Å². The third-order valence-electron chi connectivity index (χ3n) is 1.51. The van der Waals surface area contributed by atoms with Crippen molar-refractivity contribution in [2.45, 2.75) is 13.0 Å². The van der Waals surface area contributed by atoms with Crippen molar-refractivity contribution in [3.8, 4) is 0 Å². The van der Waals surface area contributed by atoms with Crippen molar-refractivity contribution in [2.75, 3.05) is 6.67 Å². The van der Waals surface area contributed by atoms with Gasteiger partial charge < -0.3 is 5.11 Å². The highest BCUT2D eigenvalue weighted by molar-refractivity contribution is 5.19. The number of hydrogen-bond acceptors (Lipinski definition) is 2. The highest BCUT2D eigenvalue weighted by Crippen LogP contribution is 2.13. The number of nitrogens with zero attached hydrogens (tertiary/aromatic N) is 1. The van der Waals surface area contributed by atoms with E-state index in [9.17, 15) is 4.39 Å². The average Bonchev–Trinajstić information content (AvgIpc) is 2.04. The first kappa shape index (κ1) is 8.14. The maximum absolute atomic E-state index is 12.0. The molecule has 11 heavy (non-hydrogen) atoms. The topological polar surface area (TPSA) is 33.1 Å². The molecule has 0 aliphatic carbocycles. The molecule has 0 saturated carbocycles. The van der Waals surface area contributed by atoms with Gasteiger partial charge in [-0.2, -0.15) is 0 Å². The third-order valence-corrected chi connectivity index (χ3v) is 1.51. The number of alkyl halides is 1. The Labute approximate surface area is 64.7 Å². The second-order valence-corrected chi connectivity index (χ2v) is 2.38. The van der Waals surface area contributed by atoms with Crippen molar-refractivity contribution in [1.82, 2.24) is 4.98 Å². The van der Waals surface area contributed by atoms with E-state index in [0.29, 0.717) is 5.69 Å². The van der Waals surface area contributed by atoms with Gasteiger partial charge in [-0.05, 0) is 18.6 Å². The Bertz CT molecular complexity index is 239. The molecule has 1 unspecified atom stereocenters. The van der Waals surface area contributed by atoms with E-state index in [1.54, 1.807) is 25.3 Å². The molecule has 1 atom stereocenters. The molecular weight excluding hydrogens is 145 g/mol. The van der Waals surface area contributed by atoms with Crippen LogP contribution in [0.15, 0.2) is 18.3 Å². The highest BCUT2D eigenvalue weighted by atomic mass is 19.1. The zero-order valence-corrected chi connectivity index (χ0v) is 6.29. The van der Waals surface area contributed by atoms with Gasteiger partial charge in [-0.15, -0.1) is 0 Å². The largest absolute Gasteiger partial charge is 0.384 e. The molecule has 0 radical (unpaired) electrons. The summed E-state index contributed by atoms with van der Waals surface area (Å²) in [6.45, 7) is 1.01. The summed E-state index contributed by atoms with van der Waals surface area (Å²) in [6.07, 6.45) is 0.470. The van der Waals surface area contributed by atoms with Crippen LogP contribution >= 0.6 is 0 Å². The van der Waals surface area contributed by atoms with E-state index >= 15 is 0 Å². The van der Waals surface area contributed by atoms with Crippen molar-refractivity contribution >= 4 is 0 Å². The molecule has 0 aromatic carbocycles. The molecule has 1 aromatic heterocycles. The van der Waals surface area contributed by atoms with Crippen molar-refractivity contribution < 1.29 is 9.50 Å². The quantitative estimate of drug-likeness (QED) is 0.700. The van der Waals surface area contributed by atoms with Crippen LogP contribution in [0, 0.1) is 6.92 Å². The summed E-state index contributed by atoms with van der Waals surface area (Å²) in [5, 5.41) is 9.07. The Morgan fingerprint density at radius 1 is 1.73 bits per heavy atom. The van der Waals surface area contributed by atoms with E-state index in [2.05, 4.69) is 4.98 Å². The van der Waals surface area contributed by atoms with Crippen LogP contribution in [0.1, 0.15) is 17.4 Å². The second kappa shape index (κ2) is 3.44. The molecule has 1 N–H and O–H groups in total. The first-order valence-electron chi connectivity index (χ1n) is 3.41. The van der Waals surface area contributed by atoms with E-state index in [0.717, 1.165) is 5.56 Å². The minimum atomic E-state index is -1.07. The van der Waals surface area contributed by atoms with Crippen LogP contribution in [0.4, 0.5) is 4.39 Å². The van der Waals surface area contributed by atoms with Gasteiger partial charge in [0.25, 0.3) is 0 Å². The summed E-state index contributed by atoms with van der Waals surface area (Å²) in [6, 6.07) is 3.55. The molecule has 1 aromatic rings. The lowest BCUT2D eigenvalue weighted by molar-refractivity contribution is 0.137. The third kappa shape index (κ3) is 1.74. The Morgan fingerprint density at radius 3 is 3.00 bits per heavy atom. The second-order valence-electron chi connectivity index (χ2n) is 2.38. The van der Waals surface area contributed by atoms with Crippen molar-refractivity contribution in [2.24, 2.45) is 0 Å². The molecule has 1 rings (SSSR count). The SMILES string of the molecule is Cc1cccnc1C(O)CF. The number of halogens is 1. The number of pyridine rings is 1. The number of aliphatic hydroxyl groups is 1. The van der Waals surface area contributed by atoms with Gasteiger partial charge in [-0.3, -0.25) is 4.98 Å². The Balaban J connectivity index is 2.93. The number of aliphatic hydroxyl groups excluding tert-OH is 1. The molecule has 0 fully saturated rings. The first-order valence-corrected chi connectivity index (χ1v) is 3.41. The number of aryl methyl sites for hydroxylation is 1. The van der Waals surface area contributed by atoms with Gasteiger partial charge in [0.15, 0.2) is 0 Å². The van der Waals surface area contributed by atoms with E-state index in [-0.39, 0.29) is 0 Å². The minimum absolute atomic E-state index is 0.426. The van der Waals surface area contributed by atoms with E-state index in [4.69, 9.17) is 5.11 Å². The Kier molecular flexibility index (Phi) is 2.54. The van der Waals surface area contributed by atoms with Crippen LogP contribution < -0.4 is 0 Å². The van der Waals surface area contributed by atoms with Gasteiger partial charge in [0.1, 0.15) is 12.8 Å². The zero-order valence-electron chi connectivity index (χ0n) is 6.29. The lowest BCUT2D eigenvalue weighted by Gasteiger charge is -2.07. The van der Waals surface area contributed by atoms with Gasteiger partial charge in [-0.25, -0.2) is 4.39 Å². The monoisotopic (exact) mass is 155 g/mol. The molecular formula is C8H10FNO. The zero-order chi connectivity index (χ0) is 8.27. The molecule has 0 amide bonds. The fourth-order valence-electron chi connectivity index (χ4n) is 0.920. The number of rotatable bonds is 2.